The van der Waals surface area contributed by atoms with Crippen LogP contribution in [0.1, 0.15) is 17.3 Å². The zero-order valence-electron chi connectivity index (χ0n) is 8.10. The number of carbonyl (C=O) groups excluding carboxylic acids is 1. The number of ether oxygens (including phenoxy) is 1. The molecule has 0 bridgehead atoms. The first kappa shape index (κ1) is 13.8. The van der Waals surface area contributed by atoms with Crippen LogP contribution in [0.3, 0.4) is 0 Å². The van der Waals surface area contributed by atoms with E-state index in [4.69, 9.17) is 11.4 Å². The number of hydrogen-bond acceptors (Lipinski definition) is 5. The Morgan fingerprint density at radius 1 is 1.40 bits per heavy atom. The van der Waals surface area contributed by atoms with Gasteiger partial charge in [-0.1, -0.05) is 12.1 Å². The van der Waals surface area contributed by atoms with Crippen LogP contribution < -0.4 is 0 Å². The fraction of sp³-hybridized carbons (Fsp3) is 0.222. The van der Waals surface area contributed by atoms with E-state index in [1.165, 1.54) is 12.1 Å². The van der Waals surface area contributed by atoms with E-state index in [0.717, 1.165) is 0 Å². The van der Waals surface area contributed by atoms with Gasteiger partial charge in [0.1, 0.15) is 11.3 Å². The topological polar surface area (TPSA) is 80.7 Å². The first-order valence-corrected chi connectivity index (χ1v) is 5.39. The average Bonchev–Trinajstić information content (AvgIpc) is 2.20. The van der Waals surface area contributed by atoms with E-state index >= 15 is 0 Å². The number of hydrogen-bond donors (Lipinski definition) is 1. The Hall–Kier alpha value is -1.20. The van der Waals surface area contributed by atoms with Gasteiger partial charge in [-0.2, -0.15) is 0 Å². The minimum absolute atomic E-state index is 0.0454. The van der Waals surface area contributed by atoms with Gasteiger partial charge in [0.05, 0.1) is 6.61 Å². The molecule has 1 rings (SSSR count). The van der Waals surface area contributed by atoms with Gasteiger partial charge in [0, 0.05) is 0 Å². The molecule has 1 aromatic rings. The van der Waals surface area contributed by atoms with Crippen molar-refractivity contribution in [3.63, 3.8) is 0 Å². The Bertz CT molecular complexity index is 357. The molecule has 0 saturated heterocycles. The van der Waals surface area contributed by atoms with Gasteiger partial charge in [-0.15, -0.1) is 0 Å². The molecule has 0 atom stereocenters. The molecule has 0 aromatic heterocycles. The number of aromatic hydroxyl groups is 1. The summed E-state index contributed by atoms with van der Waals surface area (Å²) in [5, 5.41) is 9.21. The van der Waals surface area contributed by atoms with E-state index in [2.05, 4.69) is 0 Å². The van der Waals surface area contributed by atoms with Gasteiger partial charge in [-0.05, 0) is 19.1 Å². The quantitative estimate of drug-likeness (QED) is 0.628. The van der Waals surface area contributed by atoms with Crippen molar-refractivity contribution in [2.45, 2.75) is 6.92 Å². The van der Waals surface area contributed by atoms with Crippen LogP contribution in [0.4, 0.5) is 0 Å². The molecular formula is C9H10O5Ti. The van der Waals surface area contributed by atoms with E-state index in [1.54, 1.807) is 19.1 Å². The molecule has 0 aliphatic rings. The van der Waals surface area contributed by atoms with Crippen molar-refractivity contribution in [2.24, 2.45) is 0 Å². The Kier molecular flexibility index (Phi) is 7.49. The van der Waals surface area contributed by atoms with Crippen LogP contribution in [-0.2, 0) is 30.5 Å². The second kappa shape index (κ2) is 8.14. The Labute approximate surface area is 95.6 Å². The molecule has 0 spiro atoms. The van der Waals surface area contributed by atoms with E-state index in [0.29, 0.717) is 6.61 Å². The normalized spacial score (nSPS) is 8.07. The maximum absolute atomic E-state index is 11.1. The SMILES string of the molecule is CCOC(=O)c1ccccc1O.[O]=[Ti]=[O]. The molecule has 80 valence electrons. The van der Waals surface area contributed by atoms with Gasteiger partial charge in [-0.3, -0.25) is 0 Å². The second-order valence-corrected chi connectivity index (χ2v) is 2.58. The maximum atomic E-state index is 11.1. The van der Waals surface area contributed by atoms with Gasteiger partial charge < -0.3 is 9.84 Å². The molecule has 0 saturated carbocycles. The van der Waals surface area contributed by atoms with E-state index < -0.39 is 25.1 Å². The Morgan fingerprint density at radius 2 is 1.93 bits per heavy atom. The van der Waals surface area contributed by atoms with Crippen molar-refractivity contribution in [2.75, 3.05) is 6.61 Å². The number of carbonyl (C=O) groups is 1. The first-order chi connectivity index (χ1) is 7.17. The zero-order chi connectivity index (χ0) is 11.7. The summed E-state index contributed by atoms with van der Waals surface area (Å²) in [6, 6.07) is 6.30. The zero-order valence-corrected chi connectivity index (χ0v) is 9.66. The van der Waals surface area contributed by atoms with Crippen LogP contribution in [0, 0.1) is 0 Å². The molecule has 0 radical (unpaired) electrons. The summed E-state index contributed by atoms with van der Waals surface area (Å²) >= 11 is -2.00. The Morgan fingerprint density at radius 3 is 2.40 bits per heavy atom. The van der Waals surface area contributed by atoms with Crippen LogP contribution >= 0.6 is 0 Å². The average molecular weight is 246 g/mol. The molecule has 0 unspecified atom stereocenters. The second-order valence-electron chi connectivity index (χ2n) is 2.32. The first-order valence-electron chi connectivity index (χ1n) is 4.11. The predicted octanol–water partition coefficient (Wildman–Crippen LogP) is 1.33. The standard InChI is InChI=1S/C9H10O3.2O.Ti/c1-2-12-9(11)7-5-3-4-6-8(7)10;;;/h3-6,10H,2H2,1H3;;;. The van der Waals surface area contributed by atoms with Crippen molar-refractivity contribution in [1.82, 2.24) is 0 Å². The van der Waals surface area contributed by atoms with Crippen LogP contribution in [0.25, 0.3) is 0 Å². The summed E-state index contributed by atoms with van der Waals surface area (Å²) in [5.74, 6) is -0.536. The van der Waals surface area contributed by atoms with Gasteiger partial charge in [0.2, 0.25) is 0 Å². The number of phenols is 1. The van der Waals surface area contributed by atoms with E-state index in [9.17, 15) is 9.90 Å². The summed E-state index contributed by atoms with van der Waals surface area (Å²) in [4.78, 5) is 11.1. The van der Waals surface area contributed by atoms with Crippen LogP contribution in [-0.4, -0.2) is 17.7 Å². The minimum atomic E-state index is -2.00. The summed E-state index contributed by atoms with van der Waals surface area (Å²) in [5.41, 5.74) is 0.208. The van der Waals surface area contributed by atoms with E-state index in [1.807, 2.05) is 0 Å². The van der Waals surface area contributed by atoms with E-state index in [-0.39, 0.29) is 11.3 Å². The van der Waals surface area contributed by atoms with Gasteiger partial charge in [0.25, 0.3) is 0 Å². The van der Waals surface area contributed by atoms with Crippen molar-refractivity contribution < 1.29 is 40.4 Å². The van der Waals surface area contributed by atoms with Crippen molar-refractivity contribution in [3.8, 4) is 5.75 Å². The van der Waals surface area contributed by atoms with Crippen molar-refractivity contribution in [3.05, 3.63) is 29.8 Å². The number of rotatable bonds is 2. The molecular weight excluding hydrogens is 236 g/mol. The fourth-order valence-corrected chi connectivity index (χ4v) is 0.855. The third-order valence-corrected chi connectivity index (χ3v) is 1.40. The molecule has 0 aliphatic carbocycles. The molecule has 0 heterocycles. The molecule has 0 amide bonds. The van der Waals surface area contributed by atoms with Gasteiger partial charge in [-0.25, -0.2) is 4.79 Å². The van der Waals surface area contributed by atoms with Crippen molar-refractivity contribution in [1.29, 1.82) is 0 Å². The summed E-state index contributed by atoms with van der Waals surface area (Å²) < 4.78 is 21.7. The summed E-state index contributed by atoms with van der Waals surface area (Å²) in [6.07, 6.45) is 0. The number of benzene rings is 1. The number of para-hydroxylation sites is 1. The van der Waals surface area contributed by atoms with Gasteiger partial charge in [0.15, 0.2) is 0 Å². The third-order valence-electron chi connectivity index (χ3n) is 1.40. The Balaban J connectivity index is 0.000000583. The number of esters is 1. The predicted molar refractivity (Wildman–Crippen MR) is 45.4 cm³/mol. The molecule has 0 aliphatic heterocycles. The third kappa shape index (κ3) is 5.29. The molecule has 1 N–H and O–H groups in total. The van der Waals surface area contributed by atoms with Crippen LogP contribution in [0.5, 0.6) is 5.75 Å². The monoisotopic (exact) mass is 246 g/mol. The summed E-state index contributed by atoms with van der Waals surface area (Å²) in [6.45, 7) is 2.03. The number of phenolic OH excluding ortho intramolecular Hbond substituents is 1. The molecule has 6 heteroatoms. The van der Waals surface area contributed by atoms with Crippen LogP contribution in [0.15, 0.2) is 24.3 Å². The summed E-state index contributed by atoms with van der Waals surface area (Å²) in [7, 11) is 0. The molecule has 1 aromatic carbocycles. The molecule has 15 heavy (non-hydrogen) atoms. The van der Waals surface area contributed by atoms with Gasteiger partial charge >= 0.3 is 31.7 Å². The van der Waals surface area contributed by atoms with Crippen LogP contribution in [0.2, 0.25) is 0 Å². The molecule has 5 nitrogen and oxygen atoms in total. The van der Waals surface area contributed by atoms with Crippen molar-refractivity contribution >= 4 is 5.97 Å². The molecule has 0 fully saturated rings. The fourth-order valence-electron chi connectivity index (χ4n) is 0.855.